The summed E-state index contributed by atoms with van der Waals surface area (Å²) in [4.78, 5) is 13.6. The lowest BCUT2D eigenvalue weighted by Crippen LogP contribution is -2.32. The maximum Gasteiger partial charge on any atom is 0.269 e. The second kappa shape index (κ2) is 9.27. The van der Waals surface area contributed by atoms with Crippen molar-refractivity contribution in [1.82, 2.24) is 14.8 Å². The van der Waals surface area contributed by atoms with Crippen molar-refractivity contribution in [1.29, 1.82) is 0 Å². The summed E-state index contributed by atoms with van der Waals surface area (Å²) >= 11 is 1.14. The topological polar surface area (TPSA) is 119 Å². The van der Waals surface area contributed by atoms with Crippen LogP contribution in [0, 0.1) is 10.1 Å². The van der Waals surface area contributed by atoms with Gasteiger partial charge in [-0.1, -0.05) is 11.2 Å². The fourth-order valence-electron chi connectivity index (χ4n) is 3.58. The van der Waals surface area contributed by atoms with Gasteiger partial charge in [0.05, 0.1) is 16.0 Å². The highest BCUT2D eigenvalue weighted by Gasteiger charge is 2.20. The Balaban J connectivity index is 1.23. The average Bonchev–Trinajstić information content (AvgIpc) is 3.45. The van der Waals surface area contributed by atoms with Crippen molar-refractivity contribution in [2.45, 2.75) is 30.0 Å². The minimum absolute atomic E-state index is 0.120. The van der Waals surface area contributed by atoms with Crippen molar-refractivity contribution in [3.63, 3.8) is 0 Å². The molecule has 2 aromatic heterocycles. The van der Waals surface area contributed by atoms with E-state index < -0.39 is 10.0 Å². The summed E-state index contributed by atoms with van der Waals surface area (Å²) in [7, 11) is -3.56. The van der Waals surface area contributed by atoms with Gasteiger partial charge in [-0.3, -0.25) is 15.0 Å². The minimum Gasteiger partial charge on any atom is -0.355 e. The number of hydrogen-bond donors (Lipinski definition) is 1. The maximum absolute atomic E-state index is 12.5. The third-order valence-corrected chi connectivity index (χ3v) is 8.26. The number of benzene rings is 1. The lowest BCUT2D eigenvalue weighted by Gasteiger charge is -2.28. The van der Waals surface area contributed by atoms with Crippen molar-refractivity contribution in [2.75, 3.05) is 19.6 Å². The molecular formula is C20H22N4O5S2. The van der Waals surface area contributed by atoms with Crippen molar-refractivity contribution in [3.05, 3.63) is 63.8 Å². The molecule has 1 aromatic carbocycles. The van der Waals surface area contributed by atoms with Crippen LogP contribution < -0.4 is 4.72 Å². The van der Waals surface area contributed by atoms with Crippen LogP contribution in [0.4, 0.5) is 5.69 Å². The summed E-state index contributed by atoms with van der Waals surface area (Å²) < 4.78 is 32.9. The van der Waals surface area contributed by atoms with Crippen LogP contribution in [0.3, 0.4) is 0 Å². The molecule has 0 unspecified atom stereocenters. The lowest BCUT2D eigenvalue weighted by atomic mass is 9.99. The van der Waals surface area contributed by atoms with Gasteiger partial charge in [0.2, 0.25) is 10.0 Å². The van der Waals surface area contributed by atoms with Crippen LogP contribution >= 0.6 is 11.3 Å². The van der Waals surface area contributed by atoms with Gasteiger partial charge in [-0.15, -0.1) is 11.3 Å². The Morgan fingerprint density at radius 2 is 2.06 bits per heavy atom. The zero-order chi connectivity index (χ0) is 21.8. The third kappa shape index (κ3) is 5.18. The molecule has 0 spiro atoms. The van der Waals surface area contributed by atoms with E-state index in [2.05, 4.69) is 14.8 Å². The van der Waals surface area contributed by atoms with Crippen molar-refractivity contribution >= 4 is 27.0 Å². The normalized spacial score (nSPS) is 14.5. The monoisotopic (exact) mass is 462 g/mol. The number of nitrogens with zero attached hydrogens (tertiary/aromatic N) is 3. The lowest BCUT2D eigenvalue weighted by molar-refractivity contribution is -0.385. The molecule has 1 aliphatic rings. The Hall–Kier alpha value is -2.60. The van der Waals surface area contributed by atoms with Gasteiger partial charge in [-0.2, -0.15) is 0 Å². The number of aromatic nitrogens is 1. The molecule has 1 aliphatic heterocycles. The predicted molar refractivity (Wildman–Crippen MR) is 116 cm³/mol. The summed E-state index contributed by atoms with van der Waals surface area (Å²) in [5.41, 5.74) is 2.28. The van der Waals surface area contributed by atoms with Gasteiger partial charge in [-0.05, 0) is 49.1 Å². The Kier molecular flexibility index (Phi) is 6.46. The van der Waals surface area contributed by atoms with Crippen molar-refractivity contribution in [2.24, 2.45) is 0 Å². The number of non-ortho nitro benzene ring substituents is 1. The second-order valence-electron chi connectivity index (χ2n) is 7.34. The molecule has 31 heavy (non-hydrogen) atoms. The molecule has 3 aromatic rings. The number of hydrogen-bond acceptors (Lipinski definition) is 8. The summed E-state index contributed by atoms with van der Waals surface area (Å²) in [6, 6.07) is 10.0. The number of sulfonamides is 1. The zero-order valence-electron chi connectivity index (χ0n) is 16.7. The smallest absolute Gasteiger partial charge is 0.269 e. The Labute approximate surface area is 183 Å². The number of nitro benzene ring substituents is 1. The fraction of sp³-hybridized carbons (Fsp3) is 0.350. The van der Waals surface area contributed by atoms with E-state index in [1.54, 1.807) is 30.3 Å². The van der Waals surface area contributed by atoms with Crippen LogP contribution in [0.15, 0.2) is 51.3 Å². The van der Waals surface area contributed by atoms with E-state index in [0.717, 1.165) is 48.4 Å². The van der Waals surface area contributed by atoms with E-state index >= 15 is 0 Å². The standard InChI is InChI=1S/C20H22N4O5S2/c25-24(26)17-4-3-15-8-12-23(14-16(15)13-17)11-2-1-9-22-31(27,28)20-6-5-19(30-20)18-7-10-21-29-18/h3-7,10,13,22H,1-2,8-9,11-12,14H2. The Morgan fingerprint density at radius 3 is 2.84 bits per heavy atom. The van der Waals surface area contributed by atoms with Crippen LogP contribution in [-0.2, 0) is 23.0 Å². The van der Waals surface area contributed by atoms with E-state index in [1.807, 2.05) is 6.07 Å². The van der Waals surface area contributed by atoms with E-state index in [1.165, 1.54) is 6.20 Å². The van der Waals surface area contributed by atoms with Gasteiger partial charge in [0.15, 0.2) is 5.76 Å². The van der Waals surface area contributed by atoms with E-state index in [4.69, 9.17) is 4.52 Å². The largest absolute Gasteiger partial charge is 0.355 e. The first-order valence-electron chi connectivity index (χ1n) is 9.91. The van der Waals surface area contributed by atoms with Gasteiger partial charge >= 0.3 is 0 Å². The van der Waals surface area contributed by atoms with Crippen LogP contribution in [0.2, 0.25) is 0 Å². The molecule has 0 aliphatic carbocycles. The van der Waals surface area contributed by atoms with Gasteiger partial charge in [0.1, 0.15) is 4.21 Å². The molecular weight excluding hydrogens is 440 g/mol. The van der Waals surface area contributed by atoms with Crippen LogP contribution in [0.5, 0.6) is 0 Å². The molecule has 0 bridgehead atoms. The predicted octanol–water partition coefficient (Wildman–Crippen LogP) is 3.43. The molecule has 9 nitrogen and oxygen atoms in total. The first kappa shape index (κ1) is 21.6. The van der Waals surface area contributed by atoms with E-state index in [-0.39, 0.29) is 14.8 Å². The molecule has 11 heteroatoms. The molecule has 0 saturated carbocycles. The van der Waals surface area contributed by atoms with Gasteiger partial charge in [0.25, 0.3) is 5.69 Å². The number of fused-ring (bicyclic) bond motifs is 1. The van der Waals surface area contributed by atoms with Crippen LogP contribution in [0.25, 0.3) is 10.6 Å². The van der Waals surface area contributed by atoms with Gasteiger partial charge in [-0.25, -0.2) is 13.1 Å². The summed E-state index contributed by atoms with van der Waals surface area (Å²) in [5, 5.41) is 14.6. The Bertz CT molecular complexity index is 1160. The SMILES string of the molecule is O=[N+]([O-])c1ccc2c(c1)CN(CCCCNS(=O)(=O)c1ccc(-c3ccno3)s1)CC2. The number of unbranched alkanes of at least 4 members (excludes halogenated alkanes) is 1. The number of nitrogens with one attached hydrogen (secondary N) is 1. The molecule has 4 rings (SSSR count). The summed E-state index contributed by atoms with van der Waals surface area (Å²) in [5.74, 6) is 0.542. The summed E-state index contributed by atoms with van der Waals surface area (Å²) in [6.07, 6.45) is 3.92. The molecule has 3 heterocycles. The quantitative estimate of drug-likeness (QED) is 0.294. The zero-order valence-corrected chi connectivity index (χ0v) is 18.3. The highest BCUT2D eigenvalue weighted by molar-refractivity contribution is 7.91. The molecule has 0 amide bonds. The maximum atomic E-state index is 12.5. The number of rotatable bonds is 9. The van der Waals surface area contributed by atoms with E-state index in [9.17, 15) is 18.5 Å². The van der Waals surface area contributed by atoms with Gasteiger partial charge < -0.3 is 4.52 Å². The molecule has 0 radical (unpaired) electrons. The molecule has 1 N–H and O–H groups in total. The fourth-order valence-corrected chi connectivity index (χ4v) is 5.97. The van der Waals surface area contributed by atoms with E-state index in [0.29, 0.717) is 30.1 Å². The first-order valence-corrected chi connectivity index (χ1v) is 12.2. The van der Waals surface area contributed by atoms with Gasteiger partial charge in [0, 0.05) is 37.8 Å². The second-order valence-corrected chi connectivity index (χ2v) is 10.4. The highest BCUT2D eigenvalue weighted by Crippen LogP contribution is 2.30. The number of nitro groups is 1. The number of thiophene rings is 1. The Morgan fingerprint density at radius 1 is 1.19 bits per heavy atom. The first-order chi connectivity index (χ1) is 14.9. The molecule has 0 saturated heterocycles. The molecule has 0 fully saturated rings. The third-order valence-electron chi connectivity index (χ3n) is 5.21. The highest BCUT2D eigenvalue weighted by atomic mass is 32.2. The average molecular weight is 463 g/mol. The van der Waals surface area contributed by atoms with Crippen LogP contribution in [0.1, 0.15) is 24.0 Å². The molecule has 0 atom stereocenters. The van der Waals surface area contributed by atoms with Crippen LogP contribution in [-0.4, -0.2) is 43.0 Å². The molecule has 164 valence electrons. The van der Waals surface area contributed by atoms with Crippen molar-refractivity contribution < 1.29 is 17.9 Å². The minimum atomic E-state index is -3.56. The van der Waals surface area contributed by atoms with Crippen molar-refractivity contribution in [3.8, 4) is 10.6 Å². The summed E-state index contributed by atoms with van der Waals surface area (Å²) in [6.45, 7) is 2.75.